The first-order valence-corrected chi connectivity index (χ1v) is 9.23. The average molecular weight is 360 g/mol. The number of anilines is 1. The summed E-state index contributed by atoms with van der Waals surface area (Å²) < 4.78 is 26.1. The molecule has 0 saturated carbocycles. The summed E-state index contributed by atoms with van der Waals surface area (Å²) in [7, 11) is -3.62. The minimum Gasteiger partial charge on any atom is -0.506 e. The molecule has 0 aliphatic carbocycles. The van der Waals surface area contributed by atoms with Gasteiger partial charge in [-0.3, -0.25) is 4.79 Å². The van der Waals surface area contributed by atoms with E-state index in [-0.39, 0.29) is 18.7 Å². The molecule has 2 rings (SSSR count). The third-order valence-corrected chi connectivity index (χ3v) is 4.42. The summed E-state index contributed by atoms with van der Waals surface area (Å²) in [6.45, 7) is 1.78. The molecule has 0 atom stereocenters. The van der Waals surface area contributed by atoms with Gasteiger partial charge in [0, 0.05) is 18.4 Å². The number of hydrogen-bond donors (Lipinski definition) is 3. The van der Waals surface area contributed by atoms with E-state index in [4.69, 9.17) is 0 Å². The molecule has 0 fully saturated rings. The van der Waals surface area contributed by atoms with E-state index in [1.165, 1.54) is 12.1 Å². The molecule has 2 aromatic carbocycles. The number of aromatic hydroxyl groups is 1. The van der Waals surface area contributed by atoms with Gasteiger partial charge >= 0.3 is 0 Å². The molecular formula is C18H20N2O4S. The number of sulfonamides is 1. The van der Waals surface area contributed by atoms with Gasteiger partial charge in [0.25, 0.3) is 0 Å². The number of carbonyl (C=O) groups is 1. The molecule has 6 nitrogen and oxygen atoms in total. The van der Waals surface area contributed by atoms with Crippen LogP contribution in [0.15, 0.2) is 53.9 Å². The highest BCUT2D eigenvalue weighted by atomic mass is 32.2. The van der Waals surface area contributed by atoms with Gasteiger partial charge in [-0.15, -0.1) is 0 Å². The molecule has 132 valence electrons. The molecule has 7 heteroatoms. The summed E-state index contributed by atoms with van der Waals surface area (Å²) in [6.07, 6.45) is 1.43. The first-order chi connectivity index (χ1) is 11.9. The van der Waals surface area contributed by atoms with E-state index in [0.29, 0.717) is 5.69 Å². The van der Waals surface area contributed by atoms with Crippen LogP contribution in [0, 0.1) is 6.92 Å². The van der Waals surface area contributed by atoms with Crippen molar-refractivity contribution < 1.29 is 18.3 Å². The van der Waals surface area contributed by atoms with Crippen LogP contribution < -0.4 is 10.0 Å². The lowest BCUT2D eigenvalue weighted by Crippen LogP contribution is -2.26. The molecule has 0 bridgehead atoms. The summed E-state index contributed by atoms with van der Waals surface area (Å²) in [6, 6.07) is 13.9. The standard InChI is InChI=1S/C18H20N2O4S/c1-14-7-8-16(17(21)13-14)20-18(22)9-11-19-25(23,24)12-10-15-5-3-2-4-6-15/h2-8,10,12-13,19,21H,9,11H2,1H3,(H,20,22). The molecular weight excluding hydrogens is 340 g/mol. The van der Waals surface area contributed by atoms with Crippen LogP contribution in [0.5, 0.6) is 5.75 Å². The van der Waals surface area contributed by atoms with E-state index in [2.05, 4.69) is 10.0 Å². The van der Waals surface area contributed by atoms with Crippen LogP contribution in [0.2, 0.25) is 0 Å². The average Bonchev–Trinajstić information content (AvgIpc) is 2.56. The molecule has 0 heterocycles. The minimum atomic E-state index is -3.62. The highest BCUT2D eigenvalue weighted by Gasteiger charge is 2.09. The first-order valence-electron chi connectivity index (χ1n) is 7.68. The molecule has 25 heavy (non-hydrogen) atoms. The molecule has 0 spiro atoms. The highest BCUT2D eigenvalue weighted by Crippen LogP contribution is 2.23. The lowest BCUT2D eigenvalue weighted by molar-refractivity contribution is -0.116. The van der Waals surface area contributed by atoms with E-state index >= 15 is 0 Å². The smallest absolute Gasteiger partial charge is 0.233 e. The van der Waals surface area contributed by atoms with Crippen molar-refractivity contribution in [3.8, 4) is 5.75 Å². The summed E-state index contributed by atoms with van der Waals surface area (Å²) in [5.74, 6) is -0.423. The molecule has 0 aliphatic heterocycles. The zero-order valence-electron chi connectivity index (χ0n) is 13.8. The Balaban J connectivity index is 1.82. The van der Waals surface area contributed by atoms with Crippen LogP contribution in [-0.2, 0) is 14.8 Å². The number of amides is 1. The van der Waals surface area contributed by atoms with Gasteiger partial charge in [-0.25, -0.2) is 13.1 Å². The van der Waals surface area contributed by atoms with Crippen molar-refractivity contribution in [2.75, 3.05) is 11.9 Å². The normalized spacial score (nSPS) is 11.6. The molecule has 0 saturated heterocycles. The quantitative estimate of drug-likeness (QED) is 0.662. The molecule has 0 unspecified atom stereocenters. The number of aryl methyl sites for hydroxylation is 1. The number of phenols is 1. The van der Waals surface area contributed by atoms with Gasteiger partial charge in [0.05, 0.1) is 5.69 Å². The maximum atomic E-state index is 11.9. The minimum absolute atomic E-state index is 0.0280. The van der Waals surface area contributed by atoms with Crippen LogP contribution >= 0.6 is 0 Å². The van der Waals surface area contributed by atoms with Crippen molar-refractivity contribution in [2.45, 2.75) is 13.3 Å². The topological polar surface area (TPSA) is 95.5 Å². The Labute approximate surface area is 147 Å². The molecule has 3 N–H and O–H groups in total. The Hall–Kier alpha value is -2.64. The Morgan fingerprint density at radius 2 is 1.88 bits per heavy atom. The Morgan fingerprint density at radius 1 is 1.16 bits per heavy atom. The second-order valence-corrected chi connectivity index (χ2v) is 7.12. The van der Waals surface area contributed by atoms with E-state index in [1.807, 2.05) is 25.1 Å². The van der Waals surface area contributed by atoms with Crippen molar-refractivity contribution in [1.29, 1.82) is 0 Å². The van der Waals surface area contributed by atoms with Crippen molar-refractivity contribution in [1.82, 2.24) is 4.72 Å². The summed E-state index contributed by atoms with van der Waals surface area (Å²) in [5.41, 5.74) is 1.93. The third-order valence-electron chi connectivity index (χ3n) is 3.32. The Bertz CT molecular complexity index is 862. The van der Waals surface area contributed by atoms with Crippen LogP contribution in [0.3, 0.4) is 0 Å². The van der Waals surface area contributed by atoms with E-state index in [1.54, 1.807) is 24.3 Å². The zero-order chi connectivity index (χ0) is 18.3. The summed E-state index contributed by atoms with van der Waals surface area (Å²) in [5, 5.41) is 13.3. The van der Waals surface area contributed by atoms with E-state index < -0.39 is 15.9 Å². The molecule has 2 aromatic rings. The predicted molar refractivity (Wildman–Crippen MR) is 98.5 cm³/mol. The lowest BCUT2D eigenvalue weighted by Gasteiger charge is -2.08. The fourth-order valence-corrected chi connectivity index (χ4v) is 2.87. The maximum absolute atomic E-state index is 11.9. The van der Waals surface area contributed by atoms with Crippen LogP contribution in [0.1, 0.15) is 17.5 Å². The molecule has 0 aromatic heterocycles. The second kappa shape index (κ2) is 8.46. The monoisotopic (exact) mass is 360 g/mol. The van der Waals surface area contributed by atoms with Crippen LogP contribution in [0.25, 0.3) is 6.08 Å². The molecule has 0 radical (unpaired) electrons. The number of carbonyl (C=O) groups excluding carboxylic acids is 1. The van der Waals surface area contributed by atoms with Crippen molar-refractivity contribution in [2.24, 2.45) is 0 Å². The third kappa shape index (κ3) is 6.40. The van der Waals surface area contributed by atoms with Crippen molar-refractivity contribution >= 4 is 27.7 Å². The summed E-state index contributed by atoms with van der Waals surface area (Å²) in [4.78, 5) is 11.8. The number of benzene rings is 2. The zero-order valence-corrected chi connectivity index (χ0v) is 14.6. The summed E-state index contributed by atoms with van der Waals surface area (Å²) >= 11 is 0. The van der Waals surface area contributed by atoms with E-state index in [9.17, 15) is 18.3 Å². The van der Waals surface area contributed by atoms with Gasteiger partial charge < -0.3 is 10.4 Å². The number of phenolic OH excluding ortho intramolecular Hbond substituents is 1. The van der Waals surface area contributed by atoms with Crippen LogP contribution in [-0.4, -0.2) is 26.0 Å². The lowest BCUT2D eigenvalue weighted by atomic mass is 10.2. The SMILES string of the molecule is Cc1ccc(NC(=O)CCNS(=O)(=O)C=Cc2ccccc2)c(O)c1. The van der Waals surface area contributed by atoms with Gasteiger partial charge in [-0.1, -0.05) is 36.4 Å². The Kier molecular flexibility index (Phi) is 6.32. The van der Waals surface area contributed by atoms with Crippen molar-refractivity contribution in [3.05, 3.63) is 65.1 Å². The largest absolute Gasteiger partial charge is 0.506 e. The molecule has 1 amide bonds. The van der Waals surface area contributed by atoms with Gasteiger partial charge in [-0.05, 0) is 36.3 Å². The fourth-order valence-electron chi connectivity index (χ4n) is 2.05. The van der Waals surface area contributed by atoms with E-state index in [0.717, 1.165) is 16.5 Å². The van der Waals surface area contributed by atoms with Gasteiger partial charge in [0.2, 0.25) is 15.9 Å². The number of rotatable bonds is 7. The highest BCUT2D eigenvalue weighted by molar-refractivity contribution is 7.92. The van der Waals surface area contributed by atoms with Gasteiger partial charge in [0.1, 0.15) is 5.75 Å². The Morgan fingerprint density at radius 3 is 2.56 bits per heavy atom. The first kappa shape index (κ1) is 18.7. The molecule has 0 aliphatic rings. The second-order valence-electron chi connectivity index (χ2n) is 5.47. The number of nitrogens with one attached hydrogen (secondary N) is 2. The van der Waals surface area contributed by atoms with Crippen LogP contribution in [0.4, 0.5) is 5.69 Å². The number of hydrogen-bond acceptors (Lipinski definition) is 4. The fraction of sp³-hybridized carbons (Fsp3) is 0.167. The predicted octanol–water partition coefficient (Wildman–Crippen LogP) is 2.62. The van der Waals surface area contributed by atoms with Gasteiger partial charge in [-0.2, -0.15) is 0 Å². The van der Waals surface area contributed by atoms with Gasteiger partial charge in [0.15, 0.2) is 0 Å². The van der Waals surface area contributed by atoms with Crippen molar-refractivity contribution in [3.63, 3.8) is 0 Å². The maximum Gasteiger partial charge on any atom is 0.233 e.